The molecule has 0 unspecified atom stereocenters. The second-order valence-electron chi connectivity index (χ2n) is 8.45. The van der Waals surface area contributed by atoms with Crippen molar-refractivity contribution < 1.29 is 59.4 Å². The number of benzene rings is 3. The summed E-state index contributed by atoms with van der Waals surface area (Å²) < 4.78 is 112. The molecule has 0 aliphatic heterocycles. The molecule has 2 amide bonds. The maximum absolute atomic E-state index is 14.1. The highest BCUT2D eigenvalue weighted by Gasteiger charge is 2.35. The number of anilines is 2. The molecule has 4 aromatic rings. The van der Waals surface area contributed by atoms with E-state index >= 15 is 0 Å². The predicted octanol–water partition coefficient (Wildman–Crippen LogP) is 7.43. The molecule has 16 heteroatoms. The first-order chi connectivity index (χ1) is 19.5. The third-order valence-corrected chi connectivity index (χ3v) is 6.91. The van der Waals surface area contributed by atoms with Crippen LogP contribution >= 0.6 is 11.3 Å². The third-order valence-electron chi connectivity index (χ3n) is 5.76. The molecule has 0 aliphatic rings. The average Bonchev–Trinajstić information content (AvgIpc) is 3.25. The standard InChI is InChI=1S/C26H14F8N2O5S/c1-41-18-9-17(28)13(24(39)40)8-14(18)22(37)36-20-12-4-2-10(25(29,30)31)6-19(12)42-21(20)23(38)35-11-3-5-16(27)15(7-11)26(32,33)34/h2-9H,1H3,(H,35,38)(H,36,37)(H,39,40). The van der Waals surface area contributed by atoms with E-state index in [2.05, 4.69) is 10.6 Å². The maximum Gasteiger partial charge on any atom is 0.419 e. The molecule has 1 heterocycles. The number of alkyl halides is 6. The number of amides is 2. The summed E-state index contributed by atoms with van der Waals surface area (Å²) in [7, 11) is 1.04. The average molecular weight is 618 g/mol. The quantitative estimate of drug-likeness (QED) is 0.195. The first-order valence-corrected chi connectivity index (χ1v) is 12.1. The van der Waals surface area contributed by atoms with E-state index in [1.54, 1.807) is 0 Å². The highest BCUT2D eigenvalue weighted by atomic mass is 32.1. The van der Waals surface area contributed by atoms with Crippen LogP contribution in [-0.4, -0.2) is 30.0 Å². The predicted molar refractivity (Wildman–Crippen MR) is 134 cm³/mol. The van der Waals surface area contributed by atoms with Gasteiger partial charge >= 0.3 is 18.3 Å². The number of nitrogens with one attached hydrogen (secondary N) is 2. The lowest BCUT2D eigenvalue weighted by molar-refractivity contribution is -0.140. The number of carbonyl (C=O) groups excluding carboxylic acids is 2. The Hall–Kier alpha value is -4.73. The lowest BCUT2D eigenvalue weighted by Gasteiger charge is -2.13. The minimum atomic E-state index is -5.11. The van der Waals surface area contributed by atoms with Crippen LogP contribution in [0.4, 0.5) is 46.5 Å². The monoisotopic (exact) mass is 618 g/mol. The molecule has 4 rings (SSSR count). The number of rotatable bonds is 6. The molecule has 0 saturated heterocycles. The zero-order valence-corrected chi connectivity index (χ0v) is 21.4. The Balaban J connectivity index is 1.82. The fourth-order valence-corrected chi connectivity index (χ4v) is 4.90. The van der Waals surface area contributed by atoms with Crippen molar-refractivity contribution in [1.29, 1.82) is 0 Å². The molecule has 7 nitrogen and oxygen atoms in total. The third kappa shape index (κ3) is 5.97. The van der Waals surface area contributed by atoms with Crippen molar-refractivity contribution in [1.82, 2.24) is 0 Å². The minimum Gasteiger partial charge on any atom is -0.496 e. The van der Waals surface area contributed by atoms with Crippen LogP contribution in [0.15, 0.2) is 48.5 Å². The molecule has 1 aromatic heterocycles. The van der Waals surface area contributed by atoms with Gasteiger partial charge in [-0.3, -0.25) is 9.59 Å². The molecule has 0 bridgehead atoms. The van der Waals surface area contributed by atoms with Crippen LogP contribution in [-0.2, 0) is 12.4 Å². The molecule has 42 heavy (non-hydrogen) atoms. The molecule has 0 aliphatic carbocycles. The Morgan fingerprint density at radius 1 is 0.810 bits per heavy atom. The van der Waals surface area contributed by atoms with Gasteiger partial charge in [0.25, 0.3) is 11.8 Å². The van der Waals surface area contributed by atoms with E-state index in [-0.39, 0.29) is 10.1 Å². The Kier molecular flexibility index (Phi) is 7.86. The minimum absolute atomic E-state index is 0.0962. The summed E-state index contributed by atoms with van der Waals surface area (Å²) in [4.78, 5) is 37.3. The molecular formula is C26H14F8N2O5S. The van der Waals surface area contributed by atoms with Crippen molar-refractivity contribution in [3.05, 3.63) is 87.3 Å². The molecule has 3 N–H and O–H groups in total. The number of aromatic carboxylic acids is 1. The van der Waals surface area contributed by atoms with Gasteiger partial charge in [-0.15, -0.1) is 11.3 Å². The van der Waals surface area contributed by atoms with Crippen molar-refractivity contribution in [2.24, 2.45) is 0 Å². The number of carboxylic acids is 1. The van der Waals surface area contributed by atoms with Crippen molar-refractivity contribution in [2.75, 3.05) is 17.7 Å². The number of hydrogen-bond donors (Lipinski definition) is 3. The smallest absolute Gasteiger partial charge is 0.419 e. The summed E-state index contributed by atoms with van der Waals surface area (Å²) in [6.07, 6.45) is -9.90. The fourth-order valence-electron chi connectivity index (χ4n) is 3.81. The van der Waals surface area contributed by atoms with Gasteiger partial charge in [-0.05, 0) is 36.4 Å². The van der Waals surface area contributed by atoms with Crippen molar-refractivity contribution in [2.45, 2.75) is 12.4 Å². The van der Waals surface area contributed by atoms with Crippen molar-refractivity contribution >= 4 is 50.6 Å². The van der Waals surface area contributed by atoms with Crippen LogP contribution in [0.25, 0.3) is 10.1 Å². The molecule has 0 spiro atoms. The van der Waals surface area contributed by atoms with E-state index in [0.717, 1.165) is 19.2 Å². The summed E-state index contributed by atoms with van der Waals surface area (Å²) >= 11 is 0.444. The largest absolute Gasteiger partial charge is 0.496 e. The molecule has 0 saturated carbocycles. The molecule has 3 aromatic carbocycles. The van der Waals surface area contributed by atoms with E-state index in [4.69, 9.17) is 4.74 Å². The number of carboxylic acid groups (broad SMARTS) is 1. The van der Waals surface area contributed by atoms with E-state index in [9.17, 15) is 54.6 Å². The van der Waals surface area contributed by atoms with E-state index in [1.807, 2.05) is 0 Å². The highest BCUT2D eigenvalue weighted by molar-refractivity contribution is 7.21. The van der Waals surface area contributed by atoms with Gasteiger partial charge in [-0.2, -0.15) is 26.3 Å². The van der Waals surface area contributed by atoms with Crippen LogP contribution in [0.2, 0.25) is 0 Å². The van der Waals surface area contributed by atoms with Crippen LogP contribution < -0.4 is 15.4 Å². The van der Waals surface area contributed by atoms with Gasteiger partial charge in [0.15, 0.2) is 0 Å². The number of methoxy groups -OCH3 is 1. The normalized spacial score (nSPS) is 11.8. The van der Waals surface area contributed by atoms with Crippen LogP contribution in [0.3, 0.4) is 0 Å². The summed E-state index contributed by atoms with van der Waals surface area (Å²) in [6.45, 7) is 0. The number of thiophene rings is 1. The summed E-state index contributed by atoms with van der Waals surface area (Å²) in [5.74, 6) is -7.37. The first kappa shape index (κ1) is 30.2. The Morgan fingerprint density at radius 3 is 2.10 bits per heavy atom. The SMILES string of the molecule is COc1cc(F)c(C(=O)O)cc1C(=O)Nc1c(C(=O)Nc2ccc(F)c(C(F)(F)F)c2)sc2cc(C(F)(F)F)ccc12. The highest BCUT2D eigenvalue weighted by Crippen LogP contribution is 2.41. The van der Waals surface area contributed by atoms with Gasteiger partial charge < -0.3 is 20.5 Å². The van der Waals surface area contributed by atoms with Gasteiger partial charge in [0.1, 0.15) is 22.3 Å². The lowest BCUT2D eigenvalue weighted by atomic mass is 10.1. The van der Waals surface area contributed by atoms with Crippen LogP contribution in [0.5, 0.6) is 5.75 Å². The van der Waals surface area contributed by atoms with Crippen molar-refractivity contribution in [3.8, 4) is 5.75 Å². The summed E-state index contributed by atoms with van der Waals surface area (Å²) in [5, 5.41) is 13.5. The van der Waals surface area contributed by atoms with Crippen LogP contribution in [0.1, 0.15) is 41.5 Å². The fraction of sp³-hybridized carbons (Fsp3) is 0.115. The van der Waals surface area contributed by atoms with Gasteiger partial charge in [0.05, 0.1) is 35.1 Å². The summed E-state index contributed by atoms with van der Waals surface area (Å²) in [5.41, 5.74) is -5.17. The molecule has 0 atom stereocenters. The molecule has 220 valence electrons. The zero-order chi connectivity index (χ0) is 31.1. The van der Waals surface area contributed by atoms with Crippen molar-refractivity contribution in [3.63, 3.8) is 0 Å². The van der Waals surface area contributed by atoms with E-state index in [0.29, 0.717) is 47.7 Å². The Bertz CT molecular complexity index is 1750. The maximum atomic E-state index is 14.1. The number of ether oxygens (including phenoxy) is 1. The molecule has 0 radical (unpaired) electrons. The van der Waals surface area contributed by atoms with Crippen LogP contribution in [0, 0.1) is 11.6 Å². The first-order valence-electron chi connectivity index (χ1n) is 11.2. The molecule has 0 fully saturated rings. The lowest BCUT2D eigenvalue weighted by Crippen LogP contribution is -2.18. The second kappa shape index (κ2) is 10.9. The number of hydrogen-bond acceptors (Lipinski definition) is 5. The zero-order valence-electron chi connectivity index (χ0n) is 20.6. The van der Waals surface area contributed by atoms with E-state index in [1.165, 1.54) is 0 Å². The second-order valence-corrected chi connectivity index (χ2v) is 9.51. The summed E-state index contributed by atoms with van der Waals surface area (Å²) in [6, 6.07) is 5.08. The van der Waals surface area contributed by atoms with Gasteiger partial charge in [0, 0.05) is 21.8 Å². The molecular weight excluding hydrogens is 604 g/mol. The topological polar surface area (TPSA) is 105 Å². The van der Waals surface area contributed by atoms with Gasteiger partial charge in [-0.1, -0.05) is 6.07 Å². The van der Waals surface area contributed by atoms with Gasteiger partial charge in [0.2, 0.25) is 0 Å². The number of halogens is 8. The van der Waals surface area contributed by atoms with Gasteiger partial charge in [-0.25, -0.2) is 13.6 Å². The van der Waals surface area contributed by atoms with E-state index < -0.39 is 86.0 Å². The Labute approximate surface area is 233 Å². The number of fused-ring (bicyclic) bond motifs is 1. The number of carbonyl (C=O) groups is 3. The Morgan fingerprint density at radius 2 is 1.50 bits per heavy atom.